The molecule has 2 nitrogen and oxygen atoms in total. The van der Waals surface area contributed by atoms with Gasteiger partial charge in [-0.05, 0) is 79.2 Å². The molecule has 3 aliphatic heterocycles. The van der Waals surface area contributed by atoms with Crippen LogP contribution in [-0.4, -0.2) is 29.7 Å². The van der Waals surface area contributed by atoms with Gasteiger partial charge in [0, 0.05) is 18.4 Å². The van der Waals surface area contributed by atoms with Gasteiger partial charge >= 0.3 is 0 Å². The monoisotopic (exact) mass is 417 g/mol. The topological polar surface area (TPSA) is 12.5 Å². The Kier molecular flexibility index (Phi) is 5.25. The third-order valence-electron chi connectivity index (χ3n) is 9.44. The smallest absolute Gasteiger partial charge is 0.0847 e. The van der Waals surface area contributed by atoms with Crippen molar-refractivity contribution < 1.29 is 4.74 Å². The fourth-order valence-corrected chi connectivity index (χ4v) is 7.74. The van der Waals surface area contributed by atoms with Crippen LogP contribution in [0.1, 0.15) is 65.2 Å². The zero-order valence-electron chi connectivity index (χ0n) is 19.4. The highest BCUT2D eigenvalue weighted by Gasteiger charge is 2.52. The van der Waals surface area contributed by atoms with E-state index in [0.717, 1.165) is 18.4 Å². The summed E-state index contributed by atoms with van der Waals surface area (Å²) in [6.07, 6.45) is 28.1. The maximum atomic E-state index is 6.99. The summed E-state index contributed by atoms with van der Waals surface area (Å²) in [7, 11) is 0. The lowest BCUT2D eigenvalue weighted by molar-refractivity contribution is 0.0320. The number of fused-ring (bicyclic) bond motifs is 6. The first kappa shape index (κ1) is 20.1. The van der Waals surface area contributed by atoms with Gasteiger partial charge in [0.25, 0.3) is 0 Å². The van der Waals surface area contributed by atoms with Gasteiger partial charge in [-0.1, -0.05) is 63.1 Å². The van der Waals surface area contributed by atoms with Crippen LogP contribution in [0.4, 0.5) is 0 Å². The van der Waals surface area contributed by atoms with Gasteiger partial charge in [-0.15, -0.1) is 0 Å². The molecule has 0 radical (unpaired) electrons. The van der Waals surface area contributed by atoms with Gasteiger partial charge in [0.2, 0.25) is 0 Å². The molecule has 0 amide bonds. The van der Waals surface area contributed by atoms with Crippen LogP contribution in [0.25, 0.3) is 0 Å². The minimum Gasteiger partial charge on any atom is -0.370 e. The second kappa shape index (κ2) is 8.10. The first-order valence-electron chi connectivity index (χ1n) is 13.1. The Hall–Kier alpha value is -1.54. The molecule has 0 aromatic carbocycles. The average molecular weight is 418 g/mol. The van der Waals surface area contributed by atoms with Crippen LogP contribution in [0.5, 0.6) is 0 Å². The molecule has 166 valence electrons. The van der Waals surface area contributed by atoms with Gasteiger partial charge in [0.1, 0.15) is 0 Å². The molecular formula is C29H39NO. The summed E-state index contributed by atoms with van der Waals surface area (Å²) < 4.78 is 6.99. The molecule has 6 aliphatic rings. The highest BCUT2D eigenvalue weighted by molar-refractivity contribution is 5.39. The van der Waals surface area contributed by atoms with E-state index in [0.29, 0.717) is 36.0 Å². The van der Waals surface area contributed by atoms with E-state index in [1.165, 1.54) is 56.9 Å². The molecule has 0 spiro atoms. The molecule has 7 unspecified atom stereocenters. The van der Waals surface area contributed by atoms with Crippen molar-refractivity contribution in [2.75, 3.05) is 6.54 Å². The Morgan fingerprint density at radius 3 is 2.81 bits per heavy atom. The minimum atomic E-state index is 0.377. The van der Waals surface area contributed by atoms with Crippen molar-refractivity contribution in [3.05, 3.63) is 59.4 Å². The molecule has 7 atom stereocenters. The van der Waals surface area contributed by atoms with E-state index in [4.69, 9.17) is 4.74 Å². The van der Waals surface area contributed by atoms with Gasteiger partial charge in [0.05, 0.1) is 18.2 Å². The van der Waals surface area contributed by atoms with E-state index in [1.54, 1.807) is 11.1 Å². The van der Waals surface area contributed by atoms with Crippen LogP contribution >= 0.6 is 0 Å². The summed E-state index contributed by atoms with van der Waals surface area (Å²) in [5, 5.41) is 0. The van der Waals surface area contributed by atoms with E-state index >= 15 is 0 Å². The van der Waals surface area contributed by atoms with Crippen molar-refractivity contribution in [1.29, 1.82) is 0 Å². The first-order chi connectivity index (χ1) is 15.3. The molecule has 6 rings (SSSR count). The maximum Gasteiger partial charge on any atom is 0.0847 e. The van der Waals surface area contributed by atoms with E-state index in [2.05, 4.69) is 61.4 Å². The Morgan fingerprint density at radius 2 is 2.00 bits per heavy atom. The van der Waals surface area contributed by atoms with Crippen LogP contribution in [0, 0.1) is 29.6 Å². The Morgan fingerprint density at radius 1 is 1.10 bits per heavy atom. The fraction of sp³-hybridized carbons (Fsp3) is 0.655. The van der Waals surface area contributed by atoms with Crippen LogP contribution in [0.2, 0.25) is 0 Å². The molecule has 0 aromatic heterocycles. The summed E-state index contributed by atoms with van der Waals surface area (Å²) in [5.74, 6) is 3.46. The van der Waals surface area contributed by atoms with Crippen molar-refractivity contribution in [2.24, 2.45) is 29.6 Å². The molecule has 2 heteroatoms. The molecule has 0 bridgehead atoms. The molecule has 1 saturated heterocycles. The van der Waals surface area contributed by atoms with Gasteiger partial charge in [0.15, 0.2) is 0 Å². The highest BCUT2D eigenvalue weighted by Crippen LogP contribution is 2.53. The van der Waals surface area contributed by atoms with Crippen LogP contribution in [-0.2, 0) is 4.74 Å². The molecule has 3 aliphatic carbocycles. The lowest BCUT2D eigenvalue weighted by Gasteiger charge is -2.38. The van der Waals surface area contributed by atoms with Crippen molar-refractivity contribution in [2.45, 2.75) is 83.5 Å². The van der Waals surface area contributed by atoms with Crippen molar-refractivity contribution in [1.82, 2.24) is 4.90 Å². The molecule has 0 saturated carbocycles. The zero-order chi connectivity index (χ0) is 20.9. The summed E-state index contributed by atoms with van der Waals surface area (Å²) in [5.41, 5.74) is 4.96. The van der Waals surface area contributed by atoms with Crippen molar-refractivity contribution in [3.8, 4) is 0 Å². The summed E-state index contributed by atoms with van der Waals surface area (Å²) >= 11 is 0. The quantitative estimate of drug-likeness (QED) is 0.479. The Balaban J connectivity index is 1.22. The molecule has 0 aromatic rings. The number of hydrogen-bond donors (Lipinski definition) is 0. The maximum absolute atomic E-state index is 6.99. The van der Waals surface area contributed by atoms with E-state index in [9.17, 15) is 0 Å². The largest absolute Gasteiger partial charge is 0.370 e. The van der Waals surface area contributed by atoms with E-state index in [-0.39, 0.29) is 0 Å². The number of hydrogen-bond acceptors (Lipinski definition) is 2. The highest BCUT2D eigenvalue weighted by atomic mass is 16.5. The second-order valence-corrected chi connectivity index (χ2v) is 10.9. The van der Waals surface area contributed by atoms with Crippen LogP contribution < -0.4 is 0 Å². The standard InChI is InChI=1S/C29H39NO/c1-3-19(4-2)22-14-15-30-18-23-11-13-25-24-12-10-21(20-8-6-5-7-9-20)17-27(24)31-29(25)28(23)26(30)16-22/h6,8-10,12,14-15,19,21-22,24-27,29H,3-5,7,11,13,16-18H2,1-2H3. The molecule has 3 heterocycles. The third kappa shape index (κ3) is 3.32. The lowest BCUT2D eigenvalue weighted by atomic mass is 9.70. The van der Waals surface area contributed by atoms with Crippen molar-refractivity contribution >= 4 is 0 Å². The number of ether oxygens (including phenoxy) is 1. The van der Waals surface area contributed by atoms with Crippen LogP contribution in [0.15, 0.2) is 59.4 Å². The van der Waals surface area contributed by atoms with Gasteiger partial charge < -0.3 is 9.64 Å². The second-order valence-electron chi connectivity index (χ2n) is 10.9. The Labute approximate surface area is 188 Å². The minimum absolute atomic E-state index is 0.377. The van der Waals surface area contributed by atoms with E-state index < -0.39 is 0 Å². The molecule has 0 N–H and O–H groups in total. The average Bonchev–Trinajstić information content (AvgIpc) is 3.37. The molecule has 31 heavy (non-hydrogen) atoms. The fourth-order valence-electron chi connectivity index (χ4n) is 7.74. The van der Waals surface area contributed by atoms with Gasteiger partial charge in [-0.3, -0.25) is 0 Å². The number of rotatable bonds is 4. The van der Waals surface area contributed by atoms with E-state index in [1.807, 2.05) is 0 Å². The molecule has 1 fully saturated rings. The Bertz CT molecular complexity index is 856. The summed E-state index contributed by atoms with van der Waals surface area (Å²) in [6, 6.07) is 0.599. The number of allylic oxidation sites excluding steroid dienone is 6. The first-order valence-corrected chi connectivity index (χ1v) is 13.1. The molecular weight excluding hydrogens is 378 g/mol. The van der Waals surface area contributed by atoms with Crippen molar-refractivity contribution in [3.63, 3.8) is 0 Å². The van der Waals surface area contributed by atoms with Crippen LogP contribution in [0.3, 0.4) is 0 Å². The predicted octanol–water partition coefficient (Wildman–Crippen LogP) is 6.58. The zero-order valence-corrected chi connectivity index (χ0v) is 19.4. The third-order valence-corrected chi connectivity index (χ3v) is 9.44. The summed E-state index contributed by atoms with van der Waals surface area (Å²) in [4.78, 5) is 2.65. The normalized spacial score (nSPS) is 40.7. The number of nitrogens with zero attached hydrogens (tertiary/aromatic N) is 1. The lowest BCUT2D eigenvalue weighted by Crippen LogP contribution is -2.38. The van der Waals surface area contributed by atoms with Gasteiger partial charge in [-0.25, -0.2) is 0 Å². The summed E-state index contributed by atoms with van der Waals surface area (Å²) in [6.45, 7) is 5.90. The van der Waals surface area contributed by atoms with Gasteiger partial charge in [-0.2, -0.15) is 0 Å². The SMILES string of the molecule is CCC(CC)C1C=CN2CC3=C(C4OC5CC(C6=CCCC=C6)C=CC5C4CC3)C2C1. The predicted molar refractivity (Wildman–Crippen MR) is 127 cm³/mol.